The highest BCUT2D eigenvalue weighted by molar-refractivity contribution is 6.03. The third-order valence-electron chi connectivity index (χ3n) is 6.93. The van der Waals surface area contributed by atoms with E-state index in [2.05, 4.69) is 17.2 Å². The van der Waals surface area contributed by atoms with Crippen LogP contribution >= 0.6 is 0 Å². The number of carbonyl (C=O) groups excluding carboxylic acids is 3. The fourth-order valence-corrected chi connectivity index (χ4v) is 4.94. The van der Waals surface area contributed by atoms with Crippen LogP contribution < -0.4 is 5.32 Å². The van der Waals surface area contributed by atoms with Crippen molar-refractivity contribution in [1.82, 2.24) is 20.0 Å². The normalized spacial score (nSPS) is 20.9. The van der Waals surface area contributed by atoms with Gasteiger partial charge in [-0.05, 0) is 58.9 Å². The van der Waals surface area contributed by atoms with Crippen molar-refractivity contribution in [3.63, 3.8) is 0 Å². The Morgan fingerprint density at radius 1 is 1.14 bits per heavy atom. The minimum Gasteiger partial charge on any atom is -0.444 e. The largest absolute Gasteiger partial charge is 0.444 e. The third-order valence-corrected chi connectivity index (χ3v) is 6.93. The second kappa shape index (κ2) is 10.2. The Kier molecular flexibility index (Phi) is 6.95. The zero-order chi connectivity index (χ0) is 26.2. The number of nitrogens with one attached hydrogen (secondary N) is 1. The van der Waals surface area contributed by atoms with E-state index in [0.717, 1.165) is 47.8 Å². The van der Waals surface area contributed by atoms with Gasteiger partial charge in [0.25, 0.3) is 0 Å². The summed E-state index contributed by atoms with van der Waals surface area (Å²) in [6.45, 7) is 7.12. The monoisotopic (exact) mass is 506 g/mol. The fraction of sp³-hybridized carbons (Fsp3) is 0.571. The quantitative estimate of drug-likeness (QED) is 0.502. The van der Waals surface area contributed by atoms with Crippen LogP contribution in [0.25, 0.3) is 10.9 Å². The summed E-state index contributed by atoms with van der Waals surface area (Å²) in [6.07, 6.45) is 4.18. The molecule has 1 aliphatic carbocycles. The van der Waals surface area contributed by atoms with Gasteiger partial charge in [0.15, 0.2) is 0 Å². The van der Waals surface area contributed by atoms with E-state index in [4.69, 9.17) is 14.6 Å². The van der Waals surface area contributed by atoms with E-state index < -0.39 is 11.5 Å². The number of ether oxygens (including phenoxy) is 2. The van der Waals surface area contributed by atoms with Crippen LogP contribution in [0.4, 0.5) is 4.79 Å². The second-order valence-corrected chi connectivity index (χ2v) is 11.0. The van der Waals surface area contributed by atoms with Crippen molar-refractivity contribution >= 4 is 28.8 Å². The van der Waals surface area contributed by atoms with Crippen molar-refractivity contribution in [3.8, 4) is 11.8 Å². The van der Waals surface area contributed by atoms with E-state index in [0.29, 0.717) is 38.6 Å². The maximum atomic E-state index is 12.6. The number of hydrogen-bond acceptors (Lipinski definition) is 6. The highest BCUT2D eigenvalue weighted by atomic mass is 16.6. The number of nitrogens with zero attached hydrogens (tertiary/aromatic N) is 3. The number of hydrogen-bond donors (Lipinski definition) is 1. The van der Waals surface area contributed by atoms with E-state index in [9.17, 15) is 14.4 Å². The van der Waals surface area contributed by atoms with E-state index in [1.165, 1.54) is 0 Å². The average Bonchev–Trinajstić information content (AvgIpc) is 3.62. The van der Waals surface area contributed by atoms with Crippen LogP contribution in [0.1, 0.15) is 82.5 Å². The van der Waals surface area contributed by atoms with Crippen molar-refractivity contribution in [3.05, 3.63) is 29.5 Å². The summed E-state index contributed by atoms with van der Waals surface area (Å²) < 4.78 is 13.5. The van der Waals surface area contributed by atoms with Crippen LogP contribution in [0, 0.1) is 11.8 Å². The standard InChI is InChI=1S/C28H34N4O5/c1-28(2,3)37-27(35)31-15-13-20(14-16-31)36-17-5-7-18-6-4-8-21-24(22-11-12-23(33)29-26(22)34)30-32(25(18)21)19-9-10-19/h4,6,8,19-20,22H,9-17H2,1-3H3,(H,29,33,34). The van der Waals surface area contributed by atoms with Gasteiger partial charge in [0.1, 0.15) is 12.2 Å². The number of piperidine rings is 2. The first-order valence-electron chi connectivity index (χ1n) is 13.1. The van der Waals surface area contributed by atoms with Gasteiger partial charge in [-0.1, -0.05) is 24.0 Å². The Balaban J connectivity index is 1.25. The molecule has 1 aromatic carbocycles. The highest BCUT2D eigenvalue weighted by Gasteiger charge is 2.35. The van der Waals surface area contributed by atoms with E-state index in [1.54, 1.807) is 4.90 Å². The molecule has 3 heterocycles. The van der Waals surface area contributed by atoms with Crippen LogP contribution in [0.5, 0.6) is 0 Å². The molecule has 196 valence electrons. The van der Waals surface area contributed by atoms with Crippen LogP contribution in [0.2, 0.25) is 0 Å². The summed E-state index contributed by atoms with van der Waals surface area (Å²) in [5.41, 5.74) is 2.03. The summed E-state index contributed by atoms with van der Waals surface area (Å²) >= 11 is 0. The Hall–Kier alpha value is -3.38. The number of benzene rings is 1. The molecule has 1 saturated carbocycles. The smallest absolute Gasteiger partial charge is 0.410 e. The lowest BCUT2D eigenvalue weighted by molar-refractivity contribution is -0.134. The molecular weight excluding hydrogens is 472 g/mol. The predicted octanol–water partition coefficient (Wildman–Crippen LogP) is 3.66. The predicted molar refractivity (Wildman–Crippen MR) is 137 cm³/mol. The zero-order valence-electron chi connectivity index (χ0n) is 21.7. The molecule has 9 heteroatoms. The number of aromatic nitrogens is 2. The van der Waals surface area contributed by atoms with E-state index in [-0.39, 0.29) is 24.0 Å². The number of carbonyl (C=O) groups is 3. The molecule has 3 aliphatic rings. The van der Waals surface area contributed by atoms with Gasteiger partial charge in [-0.2, -0.15) is 5.10 Å². The average molecular weight is 507 g/mol. The first kappa shape index (κ1) is 25.3. The molecule has 1 atom stereocenters. The maximum Gasteiger partial charge on any atom is 0.410 e. The number of likely N-dealkylation sites (tertiary alicyclic amines) is 1. The van der Waals surface area contributed by atoms with E-state index >= 15 is 0 Å². The van der Waals surface area contributed by atoms with Crippen molar-refractivity contribution in [2.24, 2.45) is 0 Å². The van der Waals surface area contributed by atoms with Crippen LogP contribution in [0.15, 0.2) is 18.2 Å². The molecular formula is C28H34N4O5. The number of amides is 3. The molecule has 1 N–H and O–H groups in total. The third kappa shape index (κ3) is 5.80. The fourth-order valence-electron chi connectivity index (χ4n) is 4.94. The van der Waals surface area contributed by atoms with Gasteiger partial charge in [-0.15, -0.1) is 0 Å². The van der Waals surface area contributed by atoms with Crippen LogP contribution in [0.3, 0.4) is 0 Å². The first-order valence-corrected chi connectivity index (χ1v) is 13.1. The van der Waals surface area contributed by atoms with Crippen LogP contribution in [-0.2, 0) is 19.1 Å². The molecule has 2 aromatic rings. The summed E-state index contributed by atoms with van der Waals surface area (Å²) in [6, 6.07) is 6.22. The lowest BCUT2D eigenvalue weighted by atomic mass is 9.92. The molecule has 2 aliphatic heterocycles. The molecule has 9 nitrogen and oxygen atoms in total. The Labute approximate surface area is 216 Å². The van der Waals surface area contributed by atoms with Crippen LogP contribution in [-0.4, -0.2) is 64.0 Å². The molecule has 5 rings (SSSR count). The number of rotatable bonds is 4. The number of fused-ring (bicyclic) bond motifs is 1. The lowest BCUT2D eigenvalue weighted by Gasteiger charge is -2.33. The van der Waals surface area contributed by atoms with Gasteiger partial charge >= 0.3 is 6.09 Å². The van der Waals surface area contributed by atoms with Gasteiger partial charge < -0.3 is 14.4 Å². The molecule has 0 radical (unpaired) electrons. The van der Waals surface area contributed by atoms with Crippen molar-refractivity contribution in [2.75, 3.05) is 19.7 Å². The van der Waals surface area contributed by atoms with Crippen molar-refractivity contribution < 1.29 is 23.9 Å². The molecule has 1 aromatic heterocycles. The Morgan fingerprint density at radius 3 is 2.57 bits per heavy atom. The Bertz CT molecular complexity index is 1270. The summed E-state index contributed by atoms with van der Waals surface area (Å²) in [5, 5.41) is 8.23. The molecule has 3 amide bonds. The topological polar surface area (TPSA) is 103 Å². The molecule has 37 heavy (non-hydrogen) atoms. The highest BCUT2D eigenvalue weighted by Crippen LogP contribution is 2.40. The minimum atomic E-state index is -0.500. The molecule has 2 saturated heterocycles. The molecule has 0 bridgehead atoms. The van der Waals surface area contributed by atoms with E-state index in [1.807, 2.05) is 43.7 Å². The van der Waals surface area contributed by atoms with Gasteiger partial charge in [0, 0.05) is 24.9 Å². The summed E-state index contributed by atoms with van der Waals surface area (Å²) in [5.74, 6) is 5.48. The summed E-state index contributed by atoms with van der Waals surface area (Å²) in [4.78, 5) is 38.2. The van der Waals surface area contributed by atoms with Gasteiger partial charge in [-0.25, -0.2) is 4.79 Å². The maximum absolute atomic E-state index is 12.6. The molecule has 0 spiro atoms. The van der Waals surface area contributed by atoms with Gasteiger partial charge in [0.2, 0.25) is 11.8 Å². The first-order chi connectivity index (χ1) is 17.7. The minimum absolute atomic E-state index is 0.0555. The lowest BCUT2D eigenvalue weighted by Crippen LogP contribution is -2.43. The van der Waals surface area contributed by atoms with Gasteiger partial charge in [-0.3, -0.25) is 19.6 Å². The van der Waals surface area contributed by atoms with Gasteiger partial charge in [0.05, 0.1) is 34.8 Å². The van der Waals surface area contributed by atoms with Crippen molar-refractivity contribution in [1.29, 1.82) is 0 Å². The SMILES string of the molecule is CC(C)(C)OC(=O)N1CCC(OCC#Cc2cccc3c(C4CCC(=O)NC4=O)nn(C4CC4)c23)CC1. The molecule has 3 fully saturated rings. The Morgan fingerprint density at radius 2 is 1.89 bits per heavy atom. The van der Waals surface area contributed by atoms with Crippen molar-refractivity contribution in [2.45, 2.75) is 83.0 Å². The molecule has 1 unspecified atom stereocenters. The number of imide groups is 1. The summed E-state index contributed by atoms with van der Waals surface area (Å²) in [7, 11) is 0. The number of para-hydroxylation sites is 1. The second-order valence-electron chi connectivity index (χ2n) is 11.0. The zero-order valence-corrected chi connectivity index (χ0v) is 21.7.